The highest BCUT2D eigenvalue weighted by Crippen LogP contribution is 2.19. The first-order chi connectivity index (χ1) is 9.06. The highest BCUT2D eigenvalue weighted by Gasteiger charge is 2.12. The Kier molecular flexibility index (Phi) is 6.97. The van der Waals surface area contributed by atoms with E-state index in [1.54, 1.807) is 18.4 Å². The maximum Gasteiger partial charge on any atom is 0.234 e. The van der Waals surface area contributed by atoms with E-state index in [1.165, 1.54) is 4.88 Å². The molecular formula is C13H23N3O2S. The summed E-state index contributed by atoms with van der Waals surface area (Å²) in [6.07, 6.45) is 2.90. The molecule has 2 unspecified atom stereocenters. The smallest absolute Gasteiger partial charge is 0.234 e. The Morgan fingerprint density at radius 3 is 2.84 bits per heavy atom. The van der Waals surface area contributed by atoms with Gasteiger partial charge in [-0.1, -0.05) is 6.92 Å². The monoisotopic (exact) mass is 285 g/mol. The highest BCUT2D eigenvalue weighted by atomic mass is 32.1. The van der Waals surface area contributed by atoms with Crippen molar-refractivity contribution < 1.29 is 9.53 Å². The molecule has 0 aliphatic rings. The number of rotatable bonds is 8. The Morgan fingerprint density at radius 1 is 1.53 bits per heavy atom. The molecule has 19 heavy (non-hydrogen) atoms. The normalized spacial score (nSPS) is 14.1. The van der Waals surface area contributed by atoms with Crippen LogP contribution in [0.15, 0.2) is 6.20 Å². The molecule has 2 atom stereocenters. The molecule has 1 heterocycles. The fraction of sp³-hybridized carbons (Fsp3) is 0.692. The van der Waals surface area contributed by atoms with Crippen molar-refractivity contribution in [1.82, 2.24) is 15.6 Å². The SMILES string of the molecule is CCc1cnc(C(C)NCC(=O)NC(C)COC)s1. The van der Waals surface area contributed by atoms with Gasteiger partial charge in [0.15, 0.2) is 0 Å². The van der Waals surface area contributed by atoms with Crippen LogP contribution in [0.1, 0.15) is 36.7 Å². The van der Waals surface area contributed by atoms with E-state index in [0.717, 1.165) is 11.4 Å². The number of ether oxygens (including phenoxy) is 1. The topological polar surface area (TPSA) is 63.2 Å². The van der Waals surface area contributed by atoms with Crippen LogP contribution in [0.4, 0.5) is 0 Å². The van der Waals surface area contributed by atoms with Crippen molar-refractivity contribution in [2.24, 2.45) is 0 Å². The average molecular weight is 285 g/mol. The largest absolute Gasteiger partial charge is 0.383 e. The Bertz CT molecular complexity index is 395. The van der Waals surface area contributed by atoms with Crippen LogP contribution in [-0.2, 0) is 16.0 Å². The van der Waals surface area contributed by atoms with Gasteiger partial charge in [0.2, 0.25) is 5.91 Å². The Morgan fingerprint density at radius 2 is 2.26 bits per heavy atom. The van der Waals surface area contributed by atoms with E-state index in [9.17, 15) is 4.79 Å². The Hall–Kier alpha value is -0.980. The molecule has 0 saturated carbocycles. The van der Waals surface area contributed by atoms with E-state index < -0.39 is 0 Å². The van der Waals surface area contributed by atoms with E-state index in [4.69, 9.17) is 4.74 Å². The van der Waals surface area contributed by atoms with Gasteiger partial charge in [0, 0.05) is 24.2 Å². The van der Waals surface area contributed by atoms with E-state index >= 15 is 0 Å². The molecule has 2 N–H and O–H groups in total. The summed E-state index contributed by atoms with van der Waals surface area (Å²) in [4.78, 5) is 17.3. The van der Waals surface area contributed by atoms with Crippen molar-refractivity contribution in [3.8, 4) is 0 Å². The third-order valence-electron chi connectivity index (χ3n) is 2.68. The minimum Gasteiger partial charge on any atom is -0.383 e. The van der Waals surface area contributed by atoms with Crippen LogP contribution in [0.3, 0.4) is 0 Å². The van der Waals surface area contributed by atoms with E-state index in [-0.39, 0.29) is 24.5 Å². The van der Waals surface area contributed by atoms with Crippen molar-refractivity contribution in [2.75, 3.05) is 20.3 Å². The number of aryl methyl sites for hydroxylation is 1. The lowest BCUT2D eigenvalue weighted by atomic mass is 10.3. The molecule has 0 saturated heterocycles. The molecule has 108 valence electrons. The van der Waals surface area contributed by atoms with Gasteiger partial charge in [0.1, 0.15) is 5.01 Å². The quantitative estimate of drug-likeness (QED) is 0.760. The number of hydrogen-bond donors (Lipinski definition) is 2. The van der Waals surface area contributed by atoms with Gasteiger partial charge in [0.05, 0.1) is 19.2 Å². The zero-order valence-corrected chi connectivity index (χ0v) is 12.8. The van der Waals surface area contributed by atoms with Crippen LogP contribution < -0.4 is 10.6 Å². The lowest BCUT2D eigenvalue weighted by molar-refractivity contribution is -0.121. The summed E-state index contributed by atoms with van der Waals surface area (Å²) in [5, 5.41) is 7.06. The summed E-state index contributed by atoms with van der Waals surface area (Å²) in [5.74, 6) is -0.0244. The average Bonchev–Trinajstić information content (AvgIpc) is 2.85. The number of nitrogens with one attached hydrogen (secondary N) is 2. The van der Waals surface area contributed by atoms with Crippen LogP contribution in [0.5, 0.6) is 0 Å². The lowest BCUT2D eigenvalue weighted by Gasteiger charge is -2.15. The molecule has 5 nitrogen and oxygen atoms in total. The van der Waals surface area contributed by atoms with Crippen LogP contribution in [0, 0.1) is 0 Å². The van der Waals surface area contributed by atoms with Crippen LogP contribution in [0.2, 0.25) is 0 Å². The van der Waals surface area contributed by atoms with Gasteiger partial charge in [-0.2, -0.15) is 0 Å². The molecule has 0 fully saturated rings. The number of methoxy groups -OCH3 is 1. The second-order valence-corrected chi connectivity index (χ2v) is 5.69. The molecule has 1 aromatic heterocycles. The second kappa shape index (κ2) is 8.24. The molecule has 1 rings (SSSR count). The number of carbonyl (C=O) groups excluding carboxylic acids is 1. The summed E-state index contributed by atoms with van der Waals surface area (Å²) in [6.45, 7) is 6.85. The third-order valence-corrected chi connectivity index (χ3v) is 4.01. The number of nitrogens with zero attached hydrogens (tertiary/aromatic N) is 1. The maximum absolute atomic E-state index is 11.7. The standard InChI is InChI=1S/C13H23N3O2S/c1-5-11-6-15-13(19-11)10(3)14-7-12(17)16-9(2)8-18-4/h6,9-10,14H,5,7-8H2,1-4H3,(H,16,17). The molecular weight excluding hydrogens is 262 g/mol. The lowest BCUT2D eigenvalue weighted by Crippen LogP contribution is -2.41. The molecule has 0 bridgehead atoms. The minimum absolute atomic E-state index is 0.0244. The summed E-state index contributed by atoms with van der Waals surface area (Å²) < 4.78 is 4.97. The first kappa shape index (κ1) is 16.1. The van der Waals surface area contributed by atoms with E-state index in [1.807, 2.05) is 20.0 Å². The van der Waals surface area contributed by atoms with Crippen molar-refractivity contribution >= 4 is 17.2 Å². The third kappa shape index (κ3) is 5.67. The van der Waals surface area contributed by atoms with Crippen LogP contribution >= 0.6 is 11.3 Å². The molecule has 1 aromatic rings. The number of carbonyl (C=O) groups is 1. The summed E-state index contributed by atoms with van der Waals surface area (Å²) >= 11 is 1.69. The Balaban J connectivity index is 2.33. The molecule has 0 aromatic carbocycles. The Labute approximate surface area is 118 Å². The molecule has 1 amide bonds. The van der Waals surface area contributed by atoms with Crippen molar-refractivity contribution in [3.05, 3.63) is 16.1 Å². The number of aromatic nitrogens is 1. The zero-order valence-electron chi connectivity index (χ0n) is 12.0. The fourth-order valence-corrected chi connectivity index (χ4v) is 2.52. The van der Waals surface area contributed by atoms with Gasteiger partial charge in [-0.25, -0.2) is 4.98 Å². The van der Waals surface area contributed by atoms with Crippen LogP contribution in [0.25, 0.3) is 0 Å². The zero-order chi connectivity index (χ0) is 14.3. The molecule has 0 spiro atoms. The number of thiazole rings is 1. The van der Waals surface area contributed by atoms with E-state index in [2.05, 4.69) is 22.5 Å². The summed E-state index contributed by atoms with van der Waals surface area (Å²) in [6, 6.07) is 0.120. The van der Waals surface area contributed by atoms with E-state index in [0.29, 0.717) is 6.61 Å². The van der Waals surface area contributed by atoms with Crippen molar-refractivity contribution in [1.29, 1.82) is 0 Å². The van der Waals surface area contributed by atoms with Gasteiger partial charge in [-0.05, 0) is 20.3 Å². The van der Waals surface area contributed by atoms with Gasteiger partial charge in [-0.15, -0.1) is 11.3 Å². The summed E-state index contributed by atoms with van der Waals surface area (Å²) in [7, 11) is 1.62. The van der Waals surface area contributed by atoms with Crippen molar-refractivity contribution in [2.45, 2.75) is 39.3 Å². The number of amides is 1. The van der Waals surface area contributed by atoms with Gasteiger partial charge >= 0.3 is 0 Å². The second-order valence-electron chi connectivity index (χ2n) is 4.54. The first-order valence-electron chi connectivity index (χ1n) is 6.53. The van der Waals surface area contributed by atoms with Gasteiger partial charge in [0.25, 0.3) is 0 Å². The van der Waals surface area contributed by atoms with Crippen molar-refractivity contribution in [3.63, 3.8) is 0 Å². The molecule has 6 heteroatoms. The highest BCUT2D eigenvalue weighted by molar-refractivity contribution is 7.11. The van der Waals surface area contributed by atoms with Gasteiger partial charge in [-0.3, -0.25) is 10.1 Å². The predicted molar refractivity (Wildman–Crippen MR) is 77.4 cm³/mol. The molecule has 0 aliphatic carbocycles. The van der Waals surface area contributed by atoms with Gasteiger partial charge < -0.3 is 10.1 Å². The maximum atomic E-state index is 11.7. The predicted octanol–water partition coefficient (Wildman–Crippen LogP) is 1.51. The number of hydrogen-bond acceptors (Lipinski definition) is 5. The molecule has 0 aliphatic heterocycles. The fourth-order valence-electron chi connectivity index (χ4n) is 1.64. The first-order valence-corrected chi connectivity index (χ1v) is 7.34. The summed E-state index contributed by atoms with van der Waals surface area (Å²) in [5.41, 5.74) is 0. The minimum atomic E-state index is -0.0244. The van der Waals surface area contributed by atoms with Crippen LogP contribution in [-0.4, -0.2) is 37.2 Å². The molecule has 0 radical (unpaired) electrons.